The lowest BCUT2D eigenvalue weighted by Crippen LogP contribution is -2.48. The molecule has 0 N–H and O–H groups in total. The highest BCUT2D eigenvalue weighted by Gasteiger charge is 2.18. The molecule has 0 aromatic heterocycles. The Kier molecular flexibility index (Phi) is 6.62. The Hall–Kier alpha value is 0.690. The van der Waals surface area contributed by atoms with Gasteiger partial charge in [0.05, 0.1) is 26.2 Å². The third kappa shape index (κ3) is 3.74. The maximum atomic E-state index is 2.47. The number of rotatable bonds is 6. The normalized spacial score (nSPS) is 12.0. The average molecular weight is 270 g/mol. The Balaban J connectivity index is 3.84. The zero-order chi connectivity index (χ0) is 8.74. The third-order valence-corrected chi connectivity index (χ3v) is 3.54. The predicted molar refractivity (Wildman–Crippen MR) is 60.3 cm³/mol. The van der Waals surface area contributed by atoms with Crippen molar-refractivity contribution in [2.75, 3.05) is 30.6 Å². The lowest BCUT2D eigenvalue weighted by atomic mass is 10.3. The SMILES string of the molecule is CC[N+](CC)(CC)CCCI. The van der Waals surface area contributed by atoms with Crippen molar-refractivity contribution in [2.24, 2.45) is 0 Å². The molecule has 0 atom stereocenters. The van der Waals surface area contributed by atoms with Crippen molar-refractivity contribution in [3.63, 3.8) is 0 Å². The molecule has 2 heteroatoms. The van der Waals surface area contributed by atoms with E-state index < -0.39 is 0 Å². The highest BCUT2D eigenvalue weighted by atomic mass is 127. The molecule has 0 aromatic carbocycles. The van der Waals surface area contributed by atoms with Crippen LogP contribution < -0.4 is 0 Å². The van der Waals surface area contributed by atoms with Gasteiger partial charge in [-0.05, 0) is 20.8 Å². The summed E-state index contributed by atoms with van der Waals surface area (Å²) in [4.78, 5) is 0. The van der Waals surface area contributed by atoms with Gasteiger partial charge in [-0.3, -0.25) is 0 Å². The molecule has 0 amide bonds. The summed E-state index contributed by atoms with van der Waals surface area (Å²) in [6.45, 7) is 12.2. The van der Waals surface area contributed by atoms with Gasteiger partial charge in [0.1, 0.15) is 0 Å². The second-order valence-electron chi connectivity index (χ2n) is 3.06. The van der Waals surface area contributed by atoms with Crippen molar-refractivity contribution in [3.8, 4) is 0 Å². The van der Waals surface area contributed by atoms with Crippen molar-refractivity contribution in [1.82, 2.24) is 0 Å². The van der Waals surface area contributed by atoms with Crippen LogP contribution in [0.15, 0.2) is 0 Å². The standard InChI is InChI=1S/C9H21IN/c1-4-11(5-2,6-3)9-7-8-10/h4-9H2,1-3H3/q+1. The molecule has 0 heterocycles. The molecule has 0 saturated heterocycles. The second-order valence-corrected chi connectivity index (χ2v) is 4.14. The minimum atomic E-state index is 1.30. The van der Waals surface area contributed by atoms with E-state index in [1.165, 1.54) is 41.5 Å². The predicted octanol–water partition coefficient (Wildman–Crippen LogP) is 2.69. The van der Waals surface area contributed by atoms with Crippen molar-refractivity contribution in [3.05, 3.63) is 0 Å². The summed E-state index contributed by atoms with van der Waals surface area (Å²) in [5, 5.41) is 0. The molecule has 0 saturated carbocycles. The highest BCUT2D eigenvalue weighted by molar-refractivity contribution is 14.1. The fraction of sp³-hybridized carbons (Fsp3) is 1.00. The minimum absolute atomic E-state index is 1.30. The summed E-state index contributed by atoms with van der Waals surface area (Å²) in [5.41, 5.74) is 0. The number of hydrogen-bond acceptors (Lipinski definition) is 0. The minimum Gasteiger partial charge on any atom is -0.324 e. The number of hydrogen-bond donors (Lipinski definition) is 0. The van der Waals surface area contributed by atoms with E-state index in [9.17, 15) is 0 Å². The van der Waals surface area contributed by atoms with Crippen molar-refractivity contribution in [1.29, 1.82) is 0 Å². The molecule has 0 aliphatic carbocycles. The van der Waals surface area contributed by atoms with E-state index in [1.807, 2.05) is 0 Å². The van der Waals surface area contributed by atoms with Crippen LogP contribution in [0.2, 0.25) is 0 Å². The molecule has 0 spiro atoms. The molecular formula is C9H21IN+. The second kappa shape index (κ2) is 6.23. The van der Waals surface area contributed by atoms with Gasteiger partial charge in [0, 0.05) is 10.8 Å². The molecule has 0 bridgehead atoms. The Labute approximate surface area is 84.9 Å². The van der Waals surface area contributed by atoms with E-state index in [0.29, 0.717) is 0 Å². The van der Waals surface area contributed by atoms with Gasteiger partial charge in [-0.25, -0.2) is 0 Å². The summed E-state index contributed by atoms with van der Waals surface area (Å²) in [7, 11) is 0. The van der Waals surface area contributed by atoms with Crippen LogP contribution in [0.3, 0.4) is 0 Å². The highest BCUT2D eigenvalue weighted by Crippen LogP contribution is 2.07. The lowest BCUT2D eigenvalue weighted by Gasteiger charge is -2.35. The maximum Gasteiger partial charge on any atom is 0.0793 e. The Morgan fingerprint density at radius 3 is 1.73 bits per heavy atom. The number of quaternary nitrogens is 1. The van der Waals surface area contributed by atoms with Crippen molar-refractivity contribution >= 4 is 22.6 Å². The molecule has 0 rings (SSSR count). The van der Waals surface area contributed by atoms with Crippen LogP contribution >= 0.6 is 22.6 Å². The van der Waals surface area contributed by atoms with Gasteiger partial charge in [-0.1, -0.05) is 22.6 Å². The summed E-state index contributed by atoms with van der Waals surface area (Å²) < 4.78 is 2.61. The van der Waals surface area contributed by atoms with Crippen LogP contribution in [0.5, 0.6) is 0 Å². The molecule has 0 radical (unpaired) electrons. The summed E-state index contributed by atoms with van der Waals surface area (Å²) in [5.74, 6) is 0. The van der Waals surface area contributed by atoms with E-state index in [1.54, 1.807) is 0 Å². The first-order chi connectivity index (χ1) is 5.24. The quantitative estimate of drug-likeness (QED) is 0.395. The van der Waals surface area contributed by atoms with Crippen LogP contribution in [-0.2, 0) is 0 Å². The first-order valence-corrected chi connectivity index (χ1v) is 6.18. The molecule has 68 valence electrons. The Morgan fingerprint density at radius 1 is 1.00 bits per heavy atom. The maximum absolute atomic E-state index is 2.47. The Bertz CT molecular complexity index is 81.3. The Morgan fingerprint density at radius 2 is 1.45 bits per heavy atom. The van der Waals surface area contributed by atoms with Gasteiger partial charge in [0.25, 0.3) is 0 Å². The zero-order valence-electron chi connectivity index (χ0n) is 8.07. The van der Waals surface area contributed by atoms with Gasteiger partial charge < -0.3 is 4.48 Å². The number of halogens is 1. The lowest BCUT2D eigenvalue weighted by molar-refractivity contribution is -0.923. The van der Waals surface area contributed by atoms with Gasteiger partial charge in [0.15, 0.2) is 0 Å². The van der Waals surface area contributed by atoms with Crippen LogP contribution in [0, 0.1) is 0 Å². The molecular weight excluding hydrogens is 249 g/mol. The monoisotopic (exact) mass is 270 g/mol. The largest absolute Gasteiger partial charge is 0.324 e. The summed E-state index contributed by atoms with van der Waals surface area (Å²) in [6.07, 6.45) is 1.37. The van der Waals surface area contributed by atoms with E-state index >= 15 is 0 Å². The van der Waals surface area contributed by atoms with E-state index in [2.05, 4.69) is 43.4 Å². The van der Waals surface area contributed by atoms with E-state index in [4.69, 9.17) is 0 Å². The molecule has 0 aliphatic rings. The summed E-state index contributed by atoms with van der Waals surface area (Å²) >= 11 is 2.47. The van der Waals surface area contributed by atoms with Gasteiger partial charge in [-0.15, -0.1) is 0 Å². The summed E-state index contributed by atoms with van der Waals surface area (Å²) in [6, 6.07) is 0. The van der Waals surface area contributed by atoms with Crippen LogP contribution in [-0.4, -0.2) is 35.1 Å². The van der Waals surface area contributed by atoms with E-state index in [-0.39, 0.29) is 0 Å². The van der Waals surface area contributed by atoms with Crippen molar-refractivity contribution < 1.29 is 4.48 Å². The van der Waals surface area contributed by atoms with Crippen LogP contribution in [0.1, 0.15) is 27.2 Å². The van der Waals surface area contributed by atoms with Gasteiger partial charge in [0.2, 0.25) is 0 Å². The molecule has 0 aromatic rings. The van der Waals surface area contributed by atoms with Gasteiger partial charge in [-0.2, -0.15) is 0 Å². The topological polar surface area (TPSA) is 0 Å². The fourth-order valence-electron chi connectivity index (χ4n) is 1.54. The fourth-order valence-corrected chi connectivity index (χ4v) is 1.88. The number of nitrogens with zero attached hydrogens (tertiary/aromatic N) is 1. The molecule has 0 fully saturated rings. The first kappa shape index (κ1) is 11.7. The van der Waals surface area contributed by atoms with Gasteiger partial charge >= 0.3 is 0 Å². The molecule has 0 aliphatic heterocycles. The van der Waals surface area contributed by atoms with E-state index in [0.717, 1.165) is 0 Å². The van der Waals surface area contributed by atoms with Crippen LogP contribution in [0.4, 0.5) is 0 Å². The number of alkyl halides is 1. The van der Waals surface area contributed by atoms with Crippen molar-refractivity contribution in [2.45, 2.75) is 27.2 Å². The molecule has 1 nitrogen and oxygen atoms in total. The smallest absolute Gasteiger partial charge is 0.0793 e. The average Bonchev–Trinajstić information content (AvgIpc) is 2.08. The molecule has 11 heavy (non-hydrogen) atoms. The van der Waals surface area contributed by atoms with Crippen LogP contribution in [0.25, 0.3) is 0 Å². The third-order valence-electron chi connectivity index (χ3n) is 2.78. The molecule has 0 unspecified atom stereocenters. The zero-order valence-corrected chi connectivity index (χ0v) is 10.2. The first-order valence-electron chi connectivity index (χ1n) is 4.65.